The van der Waals surface area contributed by atoms with Crippen LogP contribution in [0.3, 0.4) is 0 Å². The summed E-state index contributed by atoms with van der Waals surface area (Å²) in [7, 11) is 0. The molecule has 6 nitrogen and oxygen atoms in total. The summed E-state index contributed by atoms with van der Waals surface area (Å²) in [5.74, 6) is 0.400. The van der Waals surface area contributed by atoms with Crippen molar-refractivity contribution in [3.63, 3.8) is 0 Å². The average Bonchev–Trinajstić information content (AvgIpc) is 3.33. The summed E-state index contributed by atoms with van der Waals surface area (Å²) in [6.45, 7) is 1.93. The molecular weight excluding hydrogens is 476 g/mol. The average molecular weight is 499 g/mol. The van der Waals surface area contributed by atoms with Gasteiger partial charge in [0.15, 0.2) is 5.13 Å². The van der Waals surface area contributed by atoms with Gasteiger partial charge in [0.2, 0.25) is 5.91 Å². The fourth-order valence-corrected chi connectivity index (χ4v) is 6.69. The minimum atomic E-state index is -0.152. The fraction of sp³-hybridized carbons (Fsp3) is 0.333. The van der Waals surface area contributed by atoms with Crippen molar-refractivity contribution in [3.05, 3.63) is 72.0 Å². The summed E-state index contributed by atoms with van der Waals surface area (Å²) in [5, 5.41) is 4.92. The molecule has 0 unspecified atom stereocenters. The van der Waals surface area contributed by atoms with Crippen molar-refractivity contribution >= 4 is 55.5 Å². The highest BCUT2D eigenvalue weighted by Crippen LogP contribution is 2.33. The van der Waals surface area contributed by atoms with E-state index in [2.05, 4.69) is 20.3 Å². The zero-order valence-corrected chi connectivity index (χ0v) is 20.6. The summed E-state index contributed by atoms with van der Waals surface area (Å²) < 4.78 is 0. The standard InChI is InChI=1S/C24H23ClN4O2S2/c1-13-18(12-14-6-2-4-8-16(14)25)33-24(26-13)29-20(30)11-10-19-27-22(31)21-15-7-3-5-9-17(15)32-23(21)28-19/h2,4,6,8H,3,5,7,9-12H2,1H3,(H,26,29,30)(H,27,28,31). The van der Waals surface area contributed by atoms with Gasteiger partial charge >= 0.3 is 0 Å². The lowest BCUT2D eigenvalue weighted by molar-refractivity contribution is -0.116. The van der Waals surface area contributed by atoms with Crippen LogP contribution < -0.4 is 10.9 Å². The first-order valence-electron chi connectivity index (χ1n) is 11.0. The maximum Gasteiger partial charge on any atom is 0.259 e. The number of thiazole rings is 1. The number of rotatable bonds is 6. The number of H-pyrrole nitrogens is 1. The molecule has 0 fully saturated rings. The number of fused-ring (bicyclic) bond motifs is 3. The zero-order valence-electron chi connectivity index (χ0n) is 18.2. The summed E-state index contributed by atoms with van der Waals surface area (Å²) in [6.07, 6.45) is 5.54. The number of carbonyl (C=O) groups excluding carboxylic acids is 1. The smallest absolute Gasteiger partial charge is 0.259 e. The minimum absolute atomic E-state index is 0.0884. The predicted molar refractivity (Wildman–Crippen MR) is 135 cm³/mol. The molecule has 170 valence electrons. The van der Waals surface area contributed by atoms with Crippen LogP contribution in [-0.4, -0.2) is 20.9 Å². The Morgan fingerprint density at radius 2 is 2.00 bits per heavy atom. The van der Waals surface area contributed by atoms with Crippen molar-refractivity contribution in [3.8, 4) is 0 Å². The number of amides is 1. The van der Waals surface area contributed by atoms with Crippen molar-refractivity contribution in [2.75, 3.05) is 5.32 Å². The van der Waals surface area contributed by atoms with Crippen LogP contribution in [0.5, 0.6) is 0 Å². The molecule has 0 spiro atoms. The highest BCUT2D eigenvalue weighted by atomic mass is 35.5. The highest BCUT2D eigenvalue weighted by Gasteiger charge is 2.20. The van der Waals surface area contributed by atoms with Crippen LogP contribution in [0.25, 0.3) is 10.2 Å². The van der Waals surface area contributed by atoms with Crippen molar-refractivity contribution in [1.29, 1.82) is 0 Å². The number of halogens is 1. The van der Waals surface area contributed by atoms with Crippen LogP contribution in [0, 0.1) is 6.92 Å². The molecule has 4 aromatic rings. The van der Waals surface area contributed by atoms with E-state index in [1.54, 1.807) is 11.3 Å². The van der Waals surface area contributed by atoms with Gasteiger partial charge in [0.1, 0.15) is 10.7 Å². The normalized spacial score (nSPS) is 13.3. The number of benzene rings is 1. The Morgan fingerprint density at radius 3 is 2.85 bits per heavy atom. The van der Waals surface area contributed by atoms with Crippen molar-refractivity contribution in [1.82, 2.24) is 15.0 Å². The molecule has 2 N–H and O–H groups in total. The third kappa shape index (κ3) is 4.74. The summed E-state index contributed by atoms with van der Waals surface area (Å²) in [4.78, 5) is 40.4. The number of hydrogen-bond donors (Lipinski definition) is 2. The Kier molecular flexibility index (Phi) is 6.32. The van der Waals surface area contributed by atoms with E-state index in [-0.39, 0.29) is 17.9 Å². The third-order valence-corrected chi connectivity index (χ3v) is 8.54. The molecular formula is C24H23ClN4O2S2. The van der Waals surface area contributed by atoms with Crippen LogP contribution in [0.2, 0.25) is 5.02 Å². The molecule has 3 heterocycles. The monoisotopic (exact) mass is 498 g/mol. The molecule has 0 bridgehead atoms. The topological polar surface area (TPSA) is 87.7 Å². The third-order valence-electron chi connectivity index (χ3n) is 5.91. The second kappa shape index (κ2) is 9.37. The van der Waals surface area contributed by atoms with Crippen molar-refractivity contribution in [2.45, 2.75) is 51.9 Å². The Hall–Kier alpha value is -2.55. The largest absolute Gasteiger partial charge is 0.310 e. The first-order valence-corrected chi connectivity index (χ1v) is 13.0. The second-order valence-corrected chi connectivity index (χ2v) is 10.8. The van der Waals surface area contributed by atoms with E-state index in [9.17, 15) is 9.59 Å². The Balaban J connectivity index is 1.24. The molecule has 1 aromatic carbocycles. The number of aromatic amines is 1. The van der Waals surface area contributed by atoms with Gasteiger partial charge in [-0.15, -0.1) is 22.7 Å². The predicted octanol–water partition coefficient (Wildman–Crippen LogP) is 5.44. The van der Waals surface area contributed by atoms with E-state index in [0.29, 0.717) is 23.8 Å². The van der Waals surface area contributed by atoms with Gasteiger partial charge in [0.05, 0.1) is 11.1 Å². The fourth-order valence-electron chi connectivity index (χ4n) is 4.20. The number of aromatic nitrogens is 3. The number of aryl methyl sites for hydroxylation is 4. The molecule has 9 heteroatoms. The van der Waals surface area contributed by atoms with E-state index >= 15 is 0 Å². The lowest BCUT2D eigenvalue weighted by Gasteiger charge is -2.09. The maximum atomic E-state index is 12.7. The number of nitrogens with zero attached hydrogens (tertiary/aromatic N) is 2. The second-order valence-electron chi connectivity index (χ2n) is 8.25. The lowest BCUT2D eigenvalue weighted by atomic mass is 9.97. The summed E-state index contributed by atoms with van der Waals surface area (Å²) in [6, 6.07) is 7.73. The van der Waals surface area contributed by atoms with E-state index in [1.165, 1.54) is 28.2 Å². The summed E-state index contributed by atoms with van der Waals surface area (Å²) in [5.41, 5.74) is 3.00. The van der Waals surface area contributed by atoms with Crippen molar-refractivity contribution < 1.29 is 4.79 Å². The molecule has 1 aliphatic rings. The Bertz CT molecular complexity index is 1410. The van der Waals surface area contributed by atoms with E-state index in [4.69, 9.17) is 11.6 Å². The number of anilines is 1. The maximum absolute atomic E-state index is 12.7. The Labute approximate surface area is 204 Å². The van der Waals surface area contributed by atoms with Gasteiger partial charge in [0, 0.05) is 34.0 Å². The molecule has 3 aromatic heterocycles. The molecule has 1 aliphatic carbocycles. The van der Waals surface area contributed by atoms with Gasteiger partial charge in [-0.25, -0.2) is 9.97 Å². The molecule has 0 radical (unpaired) electrons. The van der Waals surface area contributed by atoms with Crippen LogP contribution >= 0.6 is 34.3 Å². The highest BCUT2D eigenvalue weighted by molar-refractivity contribution is 7.18. The van der Waals surface area contributed by atoms with Gasteiger partial charge in [-0.2, -0.15) is 0 Å². The van der Waals surface area contributed by atoms with Gasteiger partial charge in [-0.05, 0) is 49.8 Å². The first-order chi connectivity index (χ1) is 16.0. The van der Waals surface area contributed by atoms with Crippen LogP contribution in [0.1, 0.15) is 51.7 Å². The quantitative estimate of drug-likeness (QED) is 0.370. The summed E-state index contributed by atoms with van der Waals surface area (Å²) >= 11 is 9.36. The van der Waals surface area contributed by atoms with Crippen LogP contribution in [0.4, 0.5) is 5.13 Å². The minimum Gasteiger partial charge on any atom is -0.310 e. The number of thiophene rings is 1. The van der Waals surface area contributed by atoms with Crippen LogP contribution in [0.15, 0.2) is 29.1 Å². The van der Waals surface area contributed by atoms with Gasteiger partial charge in [-0.1, -0.05) is 29.8 Å². The SMILES string of the molecule is Cc1nc(NC(=O)CCc2nc3sc4c(c3c(=O)[nH]2)CCCC4)sc1Cc1ccccc1Cl. The first kappa shape index (κ1) is 22.3. The van der Waals surface area contributed by atoms with E-state index < -0.39 is 0 Å². The molecule has 1 amide bonds. The number of hydrogen-bond acceptors (Lipinski definition) is 6. The molecule has 33 heavy (non-hydrogen) atoms. The van der Waals surface area contributed by atoms with Gasteiger partial charge < -0.3 is 10.3 Å². The van der Waals surface area contributed by atoms with Gasteiger partial charge in [-0.3, -0.25) is 9.59 Å². The molecule has 0 aliphatic heterocycles. The van der Waals surface area contributed by atoms with Crippen molar-refractivity contribution in [2.24, 2.45) is 0 Å². The molecule has 5 rings (SSSR count). The van der Waals surface area contributed by atoms with Gasteiger partial charge in [0.25, 0.3) is 5.56 Å². The van der Waals surface area contributed by atoms with E-state index in [0.717, 1.165) is 50.6 Å². The molecule has 0 saturated heterocycles. The zero-order chi connectivity index (χ0) is 22.9. The molecule has 0 atom stereocenters. The van der Waals surface area contributed by atoms with Crippen LogP contribution in [-0.2, 0) is 30.5 Å². The van der Waals surface area contributed by atoms with E-state index in [1.807, 2.05) is 31.2 Å². The molecule has 0 saturated carbocycles. The Morgan fingerprint density at radius 1 is 1.18 bits per heavy atom. The lowest BCUT2D eigenvalue weighted by Crippen LogP contribution is -2.16. The number of carbonyl (C=O) groups is 1. The number of nitrogens with one attached hydrogen (secondary N) is 2.